The molecule has 0 fully saturated rings. The Bertz CT molecular complexity index is 963. The summed E-state index contributed by atoms with van der Waals surface area (Å²) in [5.41, 5.74) is -0.625. The van der Waals surface area contributed by atoms with Crippen LogP contribution in [-0.2, 0) is 14.8 Å². The SMILES string of the molecule is C#CC(C)(C)NC(=O)CN(c1ccccc1OCC)S(=O)(=O)c1ccccc1. The van der Waals surface area contributed by atoms with Crippen molar-refractivity contribution in [3.05, 3.63) is 54.6 Å². The molecule has 0 atom stereocenters. The minimum absolute atomic E-state index is 0.0744. The van der Waals surface area contributed by atoms with Gasteiger partial charge in [0.15, 0.2) is 0 Å². The summed E-state index contributed by atoms with van der Waals surface area (Å²) in [5.74, 6) is 2.31. The van der Waals surface area contributed by atoms with Gasteiger partial charge in [0.1, 0.15) is 12.3 Å². The second kappa shape index (κ2) is 8.81. The molecule has 0 spiro atoms. The van der Waals surface area contributed by atoms with Crippen LogP contribution >= 0.6 is 0 Å². The molecule has 148 valence electrons. The third-order valence-corrected chi connectivity index (χ3v) is 5.64. The van der Waals surface area contributed by atoms with Gasteiger partial charge in [0.05, 0.1) is 22.7 Å². The van der Waals surface area contributed by atoms with E-state index in [9.17, 15) is 13.2 Å². The number of benzene rings is 2. The molecule has 0 saturated heterocycles. The standard InChI is InChI=1S/C21H24N2O4S/c1-5-21(3,4)22-20(24)16-23(18-14-10-11-15-19(18)27-6-2)28(25,26)17-12-8-7-9-13-17/h1,7-15H,6,16H2,2-4H3,(H,22,24). The molecule has 0 bridgehead atoms. The number of carbonyl (C=O) groups excluding carboxylic acids is 1. The summed E-state index contributed by atoms with van der Waals surface area (Å²) in [6.45, 7) is 5.04. The lowest BCUT2D eigenvalue weighted by molar-refractivity contribution is -0.120. The van der Waals surface area contributed by atoms with E-state index in [-0.39, 0.29) is 10.6 Å². The Morgan fingerprint density at radius 3 is 2.36 bits per heavy atom. The van der Waals surface area contributed by atoms with Gasteiger partial charge >= 0.3 is 0 Å². The quantitative estimate of drug-likeness (QED) is 0.692. The summed E-state index contributed by atoms with van der Waals surface area (Å²) in [4.78, 5) is 12.7. The topological polar surface area (TPSA) is 75.7 Å². The maximum absolute atomic E-state index is 13.3. The lowest BCUT2D eigenvalue weighted by Gasteiger charge is -2.27. The summed E-state index contributed by atoms with van der Waals surface area (Å²) < 4.78 is 33.2. The predicted molar refractivity (Wildman–Crippen MR) is 110 cm³/mol. The van der Waals surface area contributed by atoms with Crippen molar-refractivity contribution in [2.24, 2.45) is 0 Å². The van der Waals surface area contributed by atoms with Crippen LogP contribution < -0.4 is 14.4 Å². The Balaban J connectivity index is 2.51. The van der Waals surface area contributed by atoms with Crippen LogP contribution in [0.1, 0.15) is 20.8 Å². The van der Waals surface area contributed by atoms with Crippen LogP contribution in [0.5, 0.6) is 5.75 Å². The molecule has 2 aromatic carbocycles. The van der Waals surface area contributed by atoms with Crippen molar-refractivity contribution in [3.8, 4) is 18.1 Å². The van der Waals surface area contributed by atoms with Crippen LogP contribution in [0, 0.1) is 12.3 Å². The number of anilines is 1. The normalized spacial score (nSPS) is 11.4. The molecule has 0 aromatic heterocycles. The number of ether oxygens (including phenoxy) is 1. The highest BCUT2D eigenvalue weighted by atomic mass is 32.2. The molecule has 0 aliphatic carbocycles. The van der Waals surface area contributed by atoms with E-state index in [1.54, 1.807) is 63.2 Å². The fraction of sp³-hybridized carbons (Fsp3) is 0.286. The van der Waals surface area contributed by atoms with Gasteiger partial charge in [-0.2, -0.15) is 0 Å². The summed E-state index contributed by atoms with van der Waals surface area (Å²) in [7, 11) is -4.01. The second-order valence-corrected chi connectivity index (χ2v) is 8.41. The number of rotatable bonds is 8. The fourth-order valence-electron chi connectivity index (χ4n) is 2.51. The molecule has 0 heterocycles. The second-order valence-electron chi connectivity index (χ2n) is 6.54. The molecule has 0 aliphatic rings. The van der Waals surface area contributed by atoms with Crippen molar-refractivity contribution in [2.75, 3.05) is 17.5 Å². The van der Waals surface area contributed by atoms with Gasteiger partial charge in [-0.3, -0.25) is 9.10 Å². The van der Waals surface area contributed by atoms with Gasteiger partial charge in [0, 0.05) is 0 Å². The molecule has 0 saturated carbocycles. The molecule has 0 aliphatic heterocycles. The first-order valence-corrected chi connectivity index (χ1v) is 10.2. The molecule has 0 radical (unpaired) electrons. The van der Waals surface area contributed by atoms with E-state index in [0.29, 0.717) is 12.4 Å². The van der Waals surface area contributed by atoms with Crippen molar-refractivity contribution < 1.29 is 17.9 Å². The zero-order valence-electron chi connectivity index (χ0n) is 16.2. The zero-order valence-corrected chi connectivity index (χ0v) is 17.0. The van der Waals surface area contributed by atoms with E-state index < -0.39 is 28.0 Å². The number of amides is 1. The first-order chi connectivity index (χ1) is 13.2. The molecular weight excluding hydrogens is 376 g/mol. The Kier molecular flexibility index (Phi) is 6.71. The molecule has 2 rings (SSSR count). The Hall–Kier alpha value is -2.98. The lowest BCUT2D eigenvalue weighted by Crippen LogP contribution is -2.48. The van der Waals surface area contributed by atoms with Gasteiger partial charge in [-0.15, -0.1) is 6.42 Å². The van der Waals surface area contributed by atoms with Crippen LogP contribution in [0.15, 0.2) is 59.5 Å². The van der Waals surface area contributed by atoms with Crippen LogP contribution in [0.4, 0.5) is 5.69 Å². The zero-order chi connectivity index (χ0) is 20.8. The average molecular weight is 401 g/mol. The lowest BCUT2D eigenvalue weighted by atomic mass is 10.1. The number of carbonyl (C=O) groups is 1. The number of para-hydroxylation sites is 2. The Morgan fingerprint density at radius 1 is 1.14 bits per heavy atom. The smallest absolute Gasteiger partial charge is 0.264 e. The molecule has 2 aromatic rings. The number of hydrogen-bond acceptors (Lipinski definition) is 4. The minimum Gasteiger partial charge on any atom is -0.492 e. The first-order valence-electron chi connectivity index (χ1n) is 8.79. The molecular formula is C21H24N2O4S. The monoisotopic (exact) mass is 400 g/mol. The highest BCUT2D eigenvalue weighted by molar-refractivity contribution is 7.92. The minimum atomic E-state index is -4.01. The van der Waals surface area contributed by atoms with E-state index in [1.165, 1.54) is 12.1 Å². The summed E-state index contributed by atoms with van der Waals surface area (Å²) >= 11 is 0. The highest BCUT2D eigenvalue weighted by Crippen LogP contribution is 2.32. The highest BCUT2D eigenvalue weighted by Gasteiger charge is 2.30. The summed E-state index contributed by atoms with van der Waals surface area (Å²) in [6.07, 6.45) is 5.42. The first kappa shape index (κ1) is 21.3. The predicted octanol–water partition coefficient (Wildman–Crippen LogP) is 2.81. The van der Waals surface area contributed by atoms with E-state index in [2.05, 4.69) is 11.2 Å². The maximum Gasteiger partial charge on any atom is 0.264 e. The largest absolute Gasteiger partial charge is 0.492 e. The number of terminal acetylenes is 1. The van der Waals surface area contributed by atoms with Crippen molar-refractivity contribution in [2.45, 2.75) is 31.2 Å². The number of sulfonamides is 1. The third kappa shape index (κ3) is 5.05. The molecule has 6 nitrogen and oxygen atoms in total. The van der Waals surface area contributed by atoms with E-state index in [1.807, 2.05) is 0 Å². The number of hydrogen-bond donors (Lipinski definition) is 1. The van der Waals surface area contributed by atoms with E-state index in [4.69, 9.17) is 11.2 Å². The number of nitrogens with zero attached hydrogens (tertiary/aromatic N) is 1. The van der Waals surface area contributed by atoms with Gasteiger partial charge in [0.2, 0.25) is 5.91 Å². The van der Waals surface area contributed by atoms with Crippen molar-refractivity contribution >= 4 is 21.6 Å². The van der Waals surface area contributed by atoms with Crippen molar-refractivity contribution in [1.82, 2.24) is 5.32 Å². The van der Waals surface area contributed by atoms with Crippen molar-refractivity contribution in [3.63, 3.8) is 0 Å². The molecule has 7 heteroatoms. The average Bonchev–Trinajstić information content (AvgIpc) is 2.67. The number of nitrogens with one attached hydrogen (secondary N) is 1. The van der Waals surface area contributed by atoms with Gasteiger partial charge in [-0.05, 0) is 45.0 Å². The van der Waals surface area contributed by atoms with Crippen LogP contribution in [0.2, 0.25) is 0 Å². The van der Waals surface area contributed by atoms with E-state index >= 15 is 0 Å². The molecule has 1 amide bonds. The van der Waals surface area contributed by atoms with Gasteiger partial charge in [-0.1, -0.05) is 36.3 Å². The Labute approximate surface area is 166 Å². The summed E-state index contributed by atoms with van der Waals surface area (Å²) in [6, 6.07) is 14.6. The molecule has 28 heavy (non-hydrogen) atoms. The van der Waals surface area contributed by atoms with Crippen LogP contribution in [0.25, 0.3) is 0 Å². The fourth-order valence-corrected chi connectivity index (χ4v) is 3.97. The van der Waals surface area contributed by atoms with Gasteiger partial charge in [0.25, 0.3) is 10.0 Å². The van der Waals surface area contributed by atoms with Crippen LogP contribution in [-0.4, -0.2) is 33.0 Å². The van der Waals surface area contributed by atoms with Gasteiger partial charge in [-0.25, -0.2) is 8.42 Å². The van der Waals surface area contributed by atoms with Crippen molar-refractivity contribution in [1.29, 1.82) is 0 Å². The Morgan fingerprint density at radius 2 is 1.75 bits per heavy atom. The molecule has 0 unspecified atom stereocenters. The maximum atomic E-state index is 13.3. The third-order valence-electron chi connectivity index (χ3n) is 3.86. The van der Waals surface area contributed by atoms with Crippen LogP contribution in [0.3, 0.4) is 0 Å². The van der Waals surface area contributed by atoms with Gasteiger partial charge < -0.3 is 10.1 Å². The van der Waals surface area contributed by atoms with E-state index in [0.717, 1.165) is 4.31 Å². The summed E-state index contributed by atoms with van der Waals surface area (Å²) in [5, 5.41) is 2.66. The molecule has 1 N–H and O–H groups in total.